The number of hydrogen-bond acceptors (Lipinski definition) is 5. The predicted octanol–water partition coefficient (Wildman–Crippen LogP) is 3.46. The summed E-state index contributed by atoms with van der Waals surface area (Å²) in [6, 6.07) is 4.81. The normalized spacial score (nSPS) is 22.2. The Hall–Kier alpha value is -2.81. The largest absolute Gasteiger partial charge is 0.355 e. The quantitative estimate of drug-likeness (QED) is 0.739. The summed E-state index contributed by atoms with van der Waals surface area (Å²) < 4.78 is 33.2. The number of carbonyl (C=O) groups excluding carboxylic acids is 2. The Labute approximate surface area is 192 Å². The molecule has 0 spiro atoms. The van der Waals surface area contributed by atoms with Gasteiger partial charge in [0.1, 0.15) is 11.6 Å². The van der Waals surface area contributed by atoms with Crippen molar-refractivity contribution in [3.8, 4) is 11.3 Å². The van der Waals surface area contributed by atoms with Crippen LogP contribution in [-0.4, -0.2) is 66.0 Å². The Morgan fingerprint density at radius 2 is 1.82 bits per heavy atom. The molecule has 1 aliphatic heterocycles. The fourth-order valence-electron chi connectivity index (χ4n) is 4.99. The lowest BCUT2D eigenvalue weighted by molar-refractivity contribution is -0.136. The van der Waals surface area contributed by atoms with Gasteiger partial charge in [-0.05, 0) is 31.4 Å². The van der Waals surface area contributed by atoms with Crippen LogP contribution in [0.5, 0.6) is 0 Å². The molecule has 0 bridgehead atoms. The molecule has 1 saturated heterocycles. The first-order valence-electron chi connectivity index (χ1n) is 11.5. The molecule has 4 rings (SSSR count). The summed E-state index contributed by atoms with van der Waals surface area (Å²) in [6.45, 7) is 1.40. The molecule has 0 radical (unpaired) electrons. The molecule has 2 amide bonds. The van der Waals surface area contributed by atoms with E-state index in [-0.39, 0.29) is 34.9 Å². The van der Waals surface area contributed by atoms with Crippen LogP contribution < -0.4 is 5.32 Å². The Kier molecular flexibility index (Phi) is 7.07. The highest BCUT2D eigenvalue weighted by Gasteiger charge is 2.38. The summed E-state index contributed by atoms with van der Waals surface area (Å²) in [5.74, 6) is -2.71. The first kappa shape index (κ1) is 23.4. The van der Waals surface area contributed by atoms with Crippen LogP contribution in [0.25, 0.3) is 11.3 Å². The number of piperidine rings is 1. The Balaban J connectivity index is 1.48. The van der Waals surface area contributed by atoms with E-state index in [1.54, 1.807) is 19.0 Å². The van der Waals surface area contributed by atoms with Crippen molar-refractivity contribution in [3.63, 3.8) is 0 Å². The van der Waals surface area contributed by atoms with Gasteiger partial charge in [-0.1, -0.05) is 30.5 Å². The van der Waals surface area contributed by atoms with E-state index in [4.69, 9.17) is 4.52 Å². The van der Waals surface area contributed by atoms with Gasteiger partial charge < -0.3 is 14.7 Å². The van der Waals surface area contributed by atoms with Crippen LogP contribution in [0.4, 0.5) is 8.78 Å². The van der Waals surface area contributed by atoms with E-state index in [9.17, 15) is 18.4 Å². The van der Waals surface area contributed by atoms with Crippen LogP contribution in [0.1, 0.15) is 49.0 Å². The van der Waals surface area contributed by atoms with Crippen molar-refractivity contribution in [2.75, 3.05) is 27.2 Å². The number of carbonyl (C=O) groups is 2. The SMILES string of the molecule is CN(C)C(=O)[C@@H]1CN(C2CCCCC2)CC[C@H]1NC(=O)c1cc(-c2c(F)cccc2F)on1. The van der Waals surface area contributed by atoms with E-state index in [1.165, 1.54) is 31.4 Å². The summed E-state index contributed by atoms with van der Waals surface area (Å²) in [5, 5.41) is 6.62. The predicted molar refractivity (Wildman–Crippen MR) is 118 cm³/mol. The summed E-state index contributed by atoms with van der Waals surface area (Å²) in [7, 11) is 3.43. The van der Waals surface area contributed by atoms with Crippen molar-refractivity contribution in [2.24, 2.45) is 5.92 Å². The van der Waals surface area contributed by atoms with E-state index < -0.39 is 17.5 Å². The van der Waals surface area contributed by atoms with Crippen molar-refractivity contribution in [1.29, 1.82) is 0 Å². The number of nitrogens with zero attached hydrogens (tertiary/aromatic N) is 3. The van der Waals surface area contributed by atoms with E-state index in [0.717, 1.165) is 31.5 Å². The van der Waals surface area contributed by atoms with Crippen LogP contribution in [0.15, 0.2) is 28.8 Å². The maximum atomic E-state index is 14.0. The van der Waals surface area contributed by atoms with Gasteiger partial charge >= 0.3 is 0 Å². The molecule has 2 heterocycles. The van der Waals surface area contributed by atoms with Crippen LogP contribution in [0, 0.1) is 17.6 Å². The molecule has 1 N–H and O–H groups in total. The minimum absolute atomic E-state index is 0.0323. The van der Waals surface area contributed by atoms with Gasteiger partial charge in [0.2, 0.25) is 5.91 Å². The molecule has 2 aromatic rings. The maximum Gasteiger partial charge on any atom is 0.273 e. The average molecular weight is 461 g/mol. The first-order chi connectivity index (χ1) is 15.8. The number of amides is 2. The standard InChI is InChI=1S/C24H30F2N4O3/c1-29(2)24(32)16-14-30(15-7-4-3-5-8-15)12-11-19(16)27-23(31)20-13-21(33-28-20)22-17(25)9-6-10-18(22)26/h6,9-10,13,15-16,19H,3-5,7-8,11-12,14H2,1-2H3,(H,27,31)/t16-,19-/m1/s1. The first-order valence-corrected chi connectivity index (χ1v) is 11.5. The molecule has 9 heteroatoms. The monoisotopic (exact) mass is 460 g/mol. The summed E-state index contributed by atoms with van der Waals surface area (Å²) in [6.07, 6.45) is 6.62. The number of benzene rings is 1. The van der Waals surface area contributed by atoms with Gasteiger partial charge in [0.25, 0.3) is 5.91 Å². The van der Waals surface area contributed by atoms with Crippen LogP contribution in [0.3, 0.4) is 0 Å². The molecular weight excluding hydrogens is 430 g/mol. The third-order valence-corrected chi connectivity index (χ3v) is 6.76. The fraction of sp³-hybridized carbons (Fsp3) is 0.542. The van der Waals surface area contributed by atoms with E-state index >= 15 is 0 Å². The molecule has 1 aromatic heterocycles. The van der Waals surface area contributed by atoms with Crippen molar-refractivity contribution < 1.29 is 22.9 Å². The Bertz CT molecular complexity index is 983. The minimum Gasteiger partial charge on any atom is -0.355 e. The van der Waals surface area contributed by atoms with Crippen molar-refractivity contribution in [1.82, 2.24) is 20.3 Å². The number of rotatable bonds is 5. The Morgan fingerprint density at radius 3 is 2.48 bits per heavy atom. The lowest BCUT2D eigenvalue weighted by Crippen LogP contribution is -2.57. The second-order valence-electron chi connectivity index (χ2n) is 9.17. The molecule has 2 aliphatic rings. The van der Waals surface area contributed by atoms with Gasteiger partial charge in [-0.3, -0.25) is 14.5 Å². The lowest BCUT2D eigenvalue weighted by Gasteiger charge is -2.43. The van der Waals surface area contributed by atoms with E-state index in [1.807, 2.05) is 0 Å². The highest BCUT2D eigenvalue weighted by Crippen LogP contribution is 2.29. The fourth-order valence-corrected chi connectivity index (χ4v) is 4.99. The van der Waals surface area contributed by atoms with Crippen molar-refractivity contribution in [2.45, 2.75) is 50.6 Å². The molecule has 178 valence electrons. The van der Waals surface area contributed by atoms with E-state index in [2.05, 4.69) is 15.4 Å². The molecule has 1 saturated carbocycles. The molecule has 2 atom stereocenters. The number of aromatic nitrogens is 1. The highest BCUT2D eigenvalue weighted by atomic mass is 19.1. The zero-order valence-corrected chi connectivity index (χ0v) is 19.0. The highest BCUT2D eigenvalue weighted by molar-refractivity contribution is 5.94. The number of likely N-dealkylation sites (tertiary alicyclic amines) is 1. The molecule has 7 nitrogen and oxygen atoms in total. The van der Waals surface area contributed by atoms with Gasteiger partial charge in [-0.25, -0.2) is 8.78 Å². The molecule has 0 unspecified atom stereocenters. The zero-order chi connectivity index (χ0) is 23.5. The molecule has 2 fully saturated rings. The molecule has 33 heavy (non-hydrogen) atoms. The number of hydrogen-bond donors (Lipinski definition) is 1. The second kappa shape index (κ2) is 9.99. The van der Waals surface area contributed by atoms with Crippen molar-refractivity contribution in [3.05, 3.63) is 41.6 Å². The zero-order valence-electron chi connectivity index (χ0n) is 19.0. The molecule has 1 aromatic carbocycles. The van der Waals surface area contributed by atoms with Crippen LogP contribution in [0.2, 0.25) is 0 Å². The smallest absolute Gasteiger partial charge is 0.273 e. The van der Waals surface area contributed by atoms with Gasteiger partial charge in [-0.15, -0.1) is 0 Å². The summed E-state index contributed by atoms with van der Waals surface area (Å²) in [5.41, 5.74) is -0.455. The van der Waals surface area contributed by atoms with E-state index in [0.29, 0.717) is 19.0 Å². The summed E-state index contributed by atoms with van der Waals surface area (Å²) >= 11 is 0. The summed E-state index contributed by atoms with van der Waals surface area (Å²) in [4.78, 5) is 29.8. The number of halogens is 2. The van der Waals surface area contributed by atoms with Crippen molar-refractivity contribution >= 4 is 11.8 Å². The minimum atomic E-state index is -0.801. The van der Waals surface area contributed by atoms with Gasteiger partial charge in [0.05, 0.1) is 11.5 Å². The number of nitrogens with one attached hydrogen (secondary N) is 1. The third kappa shape index (κ3) is 5.08. The van der Waals surface area contributed by atoms with Crippen LogP contribution in [-0.2, 0) is 4.79 Å². The van der Waals surface area contributed by atoms with Gasteiger partial charge in [-0.2, -0.15) is 0 Å². The molecule has 1 aliphatic carbocycles. The second-order valence-corrected chi connectivity index (χ2v) is 9.17. The van der Waals surface area contributed by atoms with Gasteiger partial charge in [0.15, 0.2) is 11.5 Å². The Morgan fingerprint density at radius 1 is 1.12 bits per heavy atom. The average Bonchev–Trinajstić information content (AvgIpc) is 3.29. The van der Waals surface area contributed by atoms with Crippen LogP contribution >= 0.6 is 0 Å². The maximum absolute atomic E-state index is 14.0. The topological polar surface area (TPSA) is 78.7 Å². The molecular formula is C24H30F2N4O3. The lowest BCUT2D eigenvalue weighted by atomic mass is 9.86. The third-order valence-electron chi connectivity index (χ3n) is 6.76. The van der Waals surface area contributed by atoms with Gasteiger partial charge in [0, 0.05) is 45.3 Å².